The van der Waals surface area contributed by atoms with E-state index in [9.17, 15) is 0 Å². The van der Waals surface area contributed by atoms with Crippen molar-refractivity contribution in [1.82, 2.24) is 29.9 Å². The molecule has 4 aromatic heterocycles. The van der Waals surface area contributed by atoms with Gasteiger partial charge in [-0.3, -0.25) is 14.8 Å². The molecule has 0 unspecified atom stereocenters. The highest BCUT2D eigenvalue weighted by molar-refractivity contribution is 5.91. The number of rotatable bonds is 4. The maximum atomic E-state index is 9.00. The molecule has 29 heavy (non-hydrogen) atoms. The topological polar surface area (TPSA) is 117 Å². The number of fused-ring (bicyclic) bond motifs is 2. The molecule has 0 radical (unpaired) electrons. The van der Waals surface area contributed by atoms with Crippen molar-refractivity contribution < 1.29 is 4.74 Å². The molecular weight excluding hydrogens is 368 g/mol. The van der Waals surface area contributed by atoms with Gasteiger partial charge in [0.05, 0.1) is 16.4 Å². The minimum atomic E-state index is 0.286. The number of nitrogens with zero attached hydrogens (tertiary/aromatic N) is 6. The maximum absolute atomic E-state index is 9.00. The van der Waals surface area contributed by atoms with Crippen LogP contribution in [-0.2, 0) is 7.05 Å². The van der Waals surface area contributed by atoms with Crippen molar-refractivity contribution in [2.24, 2.45) is 7.05 Å². The molecule has 0 aliphatic carbocycles. The molecule has 0 saturated heterocycles. The second kappa shape index (κ2) is 6.61. The van der Waals surface area contributed by atoms with Crippen molar-refractivity contribution in [2.75, 3.05) is 5.32 Å². The van der Waals surface area contributed by atoms with Gasteiger partial charge in [0, 0.05) is 25.0 Å². The lowest BCUT2D eigenvalue weighted by atomic mass is 10.2. The van der Waals surface area contributed by atoms with Gasteiger partial charge in [0.15, 0.2) is 5.82 Å². The first-order chi connectivity index (χ1) is 14.2. The van der Waals surface area contributed by atoms with E-state index in [1.165, 1.54) is 0 Å². The Kier molecular flexibility index (Phi) is 3.81. The van der Waals surface area contributed by atoms with Gasteiger partial charge < -0.3 is 10.1 Å². The fourth-order valence-electron chi connectivity index (χ4n) is 3.09. The number of anilines is 2. The number of nitriles is 1. The lowest BCUT2D eigenvalue weighted by Gasteiger charge is -2.04. The van der Waals surface area contributed by atoms with Crippen molar-refractivity contribution in [3.63, 3.8) is 0 Å². The Labute approximate surface area is 164 Å². The van der Waals surface area contributed by atoms with Gasteiger partial charge in [0.1, 0.15) is 17.3 Å². The van der Waals surface area contributed by atoms with Crippen LogP contribution in [-0.4, -0.2) is 29.9 Å². The number of hydrogen-bond acceptors (Lipinski definition) is 7. The highest BCUT2D eigenvalue weighted by Gasteiger charge is 2.13. The van der Waals surface area contributed by atoms with Crippen LogP contribution in [0.3, 0.4) is 0 Å². The highest BCUT2D eigenvalue weighted by atomic mass is 16.5. The summed E-state index contributed by atoms with van der Waals surface area (Å²) in [6, 6.07) is 16.6. The molecule has 0 amide bonds. The third kappa shape index (κ3) is 2.98. The summed E-state index contributed by atoms with van der Waals surface area (Å²) in [5, 5.41) is 24.8. The zero-order chi connectivity index (χ0) is 19.8. The largest absolute Gasteiger partial charge is 0.418 e. The predicted octanol–water partition coefficient (Wildman–Crippen LogP) is 3.65. The third-order valence-electron chi connectivity index (χ3n) is 4.44. The van der Waals surface area contributed by atoms with Gasteiger partial charge >= 0.3 is 0 Å². The van der Waals surface area contributed by atoms with E-state index in [1.54, 1.807) is 29.1 Å². The molecule has 9 nitrogen and oxygen atoms in total. The number of aryl methyl sites for hydroxylation is 1. The first-order valence-electron chi connectivity index (χ1n) is 8.79. The predicted molar refractivity (Wildman–Crippen MR) is 107 cm³/mol. The molecule has 9 heteroatoms. The fraction of sp³-hybridized carbons (Fsp3) is 0.0500. The van der Waals surface area contributed by atoms with Gasteiger partial charge in [-0.25, -0.2) is 4.98 Å². The van der Waals surface area contributed by atoms with Crippen LogP contribution in [0.15, 0.2) is 54.7 Å². The number of aromatic amines is 1. The average Bonchev–Trinajstić information content (AvgIpc) is 3.29. The molecule has 0 bridgehead atoms. The van der Waals surface area contributed by atoms with Crippen LogP contribution in [0.5, 0.6) is 11.8 Å². The molecule has 5 aromatic rings. The molecular formula is C20H14N8O. The molecule has 0 spiro atoms. The Morgan fingerprint density at radius 1 is 1.17 bits per heavy atom. The molecule has 1 aromatic carbocycles. The van der Waals surface area contributed by atoms with Gasteiger partial charge in [0.25, 0.3) is 0 Å². The van der Waals surface area contributed by atoms with Gasteiger partial charge in [-0.2, -0.15) is 10.4 Å². The number of ether oxygens (including phenoxy) is 1. The summed E-state index contributed by atoms with van der Waals surface area (Å²) in [4.78, 5) is 8.49. The SMILES string of the molecule is Cn1nc(Oc2cccc(C#N)n2)c2ccc(Nc3n[nH]c4cccnc34)cc21. The second-order valence-electron chi connectivity index (χ2n) is 6.33. The van der Waals surface area contributed by atoms with E-state index in [0.29, 0.717) is 17.6 Å². The van der Waals surface area contributed by atoms with Crippen LogP contribution in [0.4, 0.5) is 11.5 Å². The summed E-state index contributed by atoms with van der Waals surface area (Å²) >= 11 is 0. The molecule has 0 aliphatic rings. The monoisotopic (exact) mass is 382 g/mol. The fourth-order valence-corrected chi connectivity index (χ4v) is 3.09. The lowest BCUT2D eigenvalue weighted by molar-refractivity contribution is 0.441. The number of benzene rings is 1. The van der Waals surface area contributed by atoms with Crippen LogP contribution in [0, 0.1) is 11.3 Å². The van der Waals surface area contributed by atoms with Gasteiger partial charge in [-0.15, -0.1) is 5.10 Å². The molecule has 5 rings (SSSR count). The summed E-state index contributed by atoms with van der Waals surface area (Å²) in [5.41, 5.74) is 3.63. The second-order valence-corrected chi connectivity index (χ2v) is 6.33. The maximum Gasteiger partial charge on any atom is 0.247 e. The molecule has 0 saturated carbocycles. The Bertz CT molecular complexity index is 1390. The van der Waals surface area contributed by atoms with E-state index in [4.69, 9.17) is 10.00 Å². The van der Waals surface area contributed by atoms with Gasteiger partial charge in [0.2, 0.25) is 11.8 Å². The first-order valence-corrected chi connectivity index (χ1v) is 8.79. The standard InChI is InChI=1S/C20H14N8O/c1-28-16-10-12(24-19-18-15(25-26-19)5-3-9-22-18)7-8-14(16)20(27-28)29-17-6-2-4-13(11-21)23-17/h2-10H,1H3,(H2,24,25,26). The summed E-state index contributed by atoms with van der Waals surface area (Å²) in [6.45, 7) is 0. The zero-order valence-electron chi connectivity index (χ0n) is 15.3. The van der Waals surface area contributed by atoms with Gasteiger partial charge in [-0.05, 0) is 36.4 Å². The van der Waals surface area contributed by atoms with Crippen LogP contribution >= 0.6 is 0 Å². The molecule has 0 atom stereocenters. The van der Waals surface area contributed by atoms with Crippen LogP contribution in [0.2, 0.25) is 0 Å². The molecule has 0 aliphatic heterocycles. The summed E-state index contributed by atoms with van der Waals surface area (Å²) in [7, 11) is 1.84. The quantitative estimate of drug-likeness (QED) is 0.487. The van der Waals surface area contributed by atoms with Crippen molar-refractivity contribution in [2.45, 2.75) is 0 Å². The van der Waals surface area contributed by atoms with E-state index in [2.05, 4.69) is 30.6 Å². The summed E-state index contributed by atoms with van der Waals surface area (Å²) < 4.78 is 7.54. The normalized spacial score (nSPS) is 10.9. The molecule has 4 heterocycles. The third-order valence-corrected chi connectivity index (χ3v) is 4.44. The number of hydrogen-bond donors (Lipinski definition) is 2. The van der Waals surface area contributed by atoms with Crippen LogP contribution < -0.4 is 10.1 Å². The number of aromatic nitrogens is 6. The zero-order valence-corrected chi connectivity index (χ0v) is 15.3. The van der Waals surface area contributed by atoms with Crippen molar-refractivity contribution in [3.05, 3.63) is 60.4 Å². The molecule has 140 valence electrons. The van der Waals surface area contributed by atoms with Crippen molar-refractivity contribution in [1.29, 1.82) is 5.26 Å². The van der Waals surface area contributed by atoms with E-state index >= 15 is 0 Å². The van der Waals surface area contributed by atoms with E-state index in [0.717, 1.165) is 27.6 Å². The Morgan fingerprint density at radius 3 is 3.00 bits per heavy atom. The van der Waals surface area contributed by atoms with Crippen LogP contribution in [0.1, 0.15) is 5.69 Å². The minimum Gasteiger partial charge on any atom is -0.418 e. The number of pyridine rings is 2. The summed E-state index contributed by atoms with van der Waals surface area (Å²) in [5.74, 6) is 1.39. The Morgan fingerprint density at radius 2 is 2.10 bits per heavy atom. The Balaban J connectivity index is 1.48. The van der Waals surface area contributed by atoms with E-state index < -0.39 is 0 Å². The first kappa shape index (κ1) is 16.7. The number of nitrogens with one attached hydrogen (secondary N) is 2. The van der Waals surface area contributed by atoms with Crippen molar-refractivity contribution in [3.8, 4) is 17.8 Å². The van der Waals surface area contributed by atoms with Crippen molar-refractivity contribution >= 4 is 33.4 Å². The van der Waals surface area contributed by atoms with Crippen LogP contribution in [0.25, 0.3) is 21.9 Å². The average molecular weight is 382 g/mol. The molecule has 0 fully saturated rings. The minimum absolute atomic E-state index is 0.286. The van der Waals surface area contributed by atoms with Gasteiger partial charge in [-0.1, -0.05) is 6.07 Å². The molecule has 2 N–H and O–H groups in total. The smallest absolute Gasteiger partial charge is 0.247 e. The highest BCUT2D eigenvalue weighted by Crippen LogP contribution is 2.31. The van der Waals surface area contributed by atoms with E-state index in [-0.39, 0.29) is 5.69 Å². The van der Waals surface area contributed by atoms with E-state index in [1.807, 2.05) is 43.4 Å². The lowest BCUT2D eigenvalue weighted by Crippen LogP contribution is -1.94. The number of H-pyrrole nitrogens is 1. The Hall–Kier alpha value is -4.45. The summed E-state index contributed by atoms with van der Waals surface area (Å²) in [6.07, 6.45) is 1.73.